The van der Waals surface area contributed by atoms with Crippen molar-refractivity contribution in [3.05, 3.63) is 0 Å². The molecule has 0 aromatic heterocycles. The lowest BCUT2D eigenvalue weighted by atomic mass is 10.2. The van der Waals surface area contributed by atoms with Crippen LogP contribution < -0.4 is 10.6 Å². The molecule has 1 atom stereocenters. The quantitative estimate of drug-likeness (QED) is 0.685. The molecular weight excluding hydrogens is 202 g/mol. The summed E-state index contributed by atoms with van der Waals surface area (Å²) in [6.07, 6.45) is 5.56. The monoisotopic (exact) mass is 225 g/mol. The molecule has 0 aromatic carbocycles. The van der Waals surface area contributed by atoms with Gasteiger partial charge < -0.3 is 10.6 Å². The lowest BCUT2D eigenvalue weighted by molar-refractivity contribution is -0.121. The van der Waals surface area contributed by atoms with Crippen LogP contribution in [0.2, 0.25) is 0 Å². The number of amides is 1. The van der Waals surface area contributed by atoms with Gasteiger partial charge in [-0.15, -0.1) is 0 Å². The van der Waals surface area contributed by atoms with E-state index in [1.807, 2.05) is 7.05 Å². The summed E-state index contributed by atoms with van der Waals surface area (Å²) in [7, 11) is 2.00. The van der Waals surface area contributed by atoms with Crippen LogP contribution in [0.1, 0.15) is 32.1 Å². The minimum atomic E-state index is 0.234. The SMILES string of the molecule is CNCC1CCCN1CCC(=O)NC1CC1. The van der Waals surface area contributed by atoms with E-state index in [-0.39, 0.29) is 5.91 Å². The first-order valence-electron chi connectivity index (χ1n) is 6.47. The molecule has 1 saturated heterocycles. The zero-order chi connectivity index (χ0) is 11.4. The Labute approximate surface area is 97.8 Å². The number of rotatable bonds is 6. The lowest BCUT2D eigenvalue weighted by Crippen LogP contribution is -2.39. The number of hydrogen-bond donors (Lipinski definition) is 2. The molecule has 1 aliphatic carbocycles. The van der Waals surface area contributed by atoms with Gasteiger partial charge in [-0.1, -0.05) is 0 Å². The van der Waals surface area contributed by atoms with Gasteiger partial charge in [-0.3, -0.25) is 9.69 Å². The topological polar surface area (TPSA) is 44.4 Å². The molecule has 0 spiro atoms. The molecule has 16 heavy (non-hydrogen) atoms. The van der Waals surface area contributed by atoms with E-state index in [4.69, 9.17) is 0 Å². The van der Waals surface area contributed by atoms with Crippen molar-refractivity contribution in [2.24, 2.45) is 0 Å². The van der Waals surface area contributed by atoms with E-state index in [0.29, 0.717) is 18.5 Å². The van der Waals surface area contributed by atoms with Gasteiger partial charge in [0.15, 0.2) is 0 Å². The molecular formula is C12H23N3O. The standard InChI is InChI=1S/C12H23N3O/c1-13-9-11-3-2-7-15(11)8-6-12(16)14-10-4-5-10/h10-11,13H,2-9H2,1H3,(H,14,16). The Kier molecular flexibility index (Phi) is 4.18. The van der Waals surface area contributed by atoms with E-state index in [9.17, 15) is 4.79 Å². The maximum atomic E-state index is 11.6. The summed E-state index contributed by atoms with van der Waals surface area (Å²) in [5, 5.41) is 6.27. The van der Waals surface area contributed by atoms with E-state index in [2.05, 4.69) is 15.5 Å². The van der Waals surface area contributed by atoms with Crippen LogP contribution in [0.5, 0.6) is 0 Å². The van der Waals surface area contributed by atoms with Crippen molar-refractivity contribution in [2.45, 2.75) is 44.2 Å². The molecule has 0 bridgehead atoms. The van der Waals surface area contributed by atoms with E-state index in [0.717, 1.165) is 19.6 Å². The number of nitrogens with one attached hydrogen (secondary N) is 2. The normalized spacial score (nSPS) is 25.9. The summed E-state index contributed by atoms with van der Waals surface area (Å²) in [5.41, 5.74) is 0. The van der Waals surface area contributed by atoms with Gasteiger partial charge in [-0.25, -0.2) is 0 Å². The predicted molar refractivity (Wildman–Crippen MR) is 64.3 cm³/mol. The zero-order valence-electron chi connectivity index (χ0n) is 10.2. The highest BCUT2D eigenvalue weighted by molar-refractivity contribution is 5.76. The van der Waals surface area contributed by atoms with Crippen molar-refractivity contribution in [3.63, 3.8) is 0 Å². The summed E-state index contributed by atoms with van der Waals surface area (Å²) >= 11 is 0. The Balaban J connectivity index is 1.65. The molecule has 2 rings (SSSR count). The summed E-state index contributed by atoms with van der Waals surface area (Å²) in [6, 6.07) is 1.14. The van der Waals surface area contributed by atoms with E-state index in [1.54, 1.807) is 0 Å². The number of hydrogen-bond acceptors (Lipinski definition) is 3. The first-order valence-corrected chi connectivity index (χ1v) is 6.47. The van der Waals surface area contributed by atoms with Crippen LogP contribution in [-0.2, 0) is 4.79 Å². The van der Waals surface area contributed by atoms with Crippen molar-refractivity contribution in [3.8, 4) is 0 Å². The Hall–Kier alpha value is -0.610. The van der Waals surface area contributed by atoms with E-state index in [1.165, 1.54) is 25.7 Å². The van der Waals surface area contributed by atoms with Crippen LogP contribution >= 0.6 is 0 Å². The van der Waals surface area contributed by atoms with Crippen LogP contribution in [0.4, 0.5) is 0 Å². The molecule has 1 aliphatic heterocycles. The largest absolute Gasteiger partial charge is 0.353 e. The van der Waals surface area contributed by atoms with Crippen molar-refractivity contribution in [1.82, 2.24) is 15.5 Å². The van der Waals surface area contributed by atoms with Gasteiger partial charge in [-0.2, -0.15) is 0 Å². The fourth-order valence-corrected chi connectivity index (χ4v) is 2.43. The summed E-state index contributed by atoms with van der Waals surface area (Å²) in [5.74, 6) is 0.234. The third kappa shape index (κ3) is 3.46. The van der Waals surface area contributed by atoms with Crippen molar-refractivity contribution in [1.29, 1.82) is 0 Å². The number of nitrogens with zero attached hydrogens (tertiary/aromatic N) is 1. The molecule has 2 aliphatic rings. The molecule has 4 heteroatoms. The number of carbonyl (C=O) groups is 1. The third-order valence-corrected chi connectivity index (χ3v) is 3.51. The first-order chi connectivity index (χ1) is 7.79. The minimum Gasteiger partial charge on any atom is -0.353 e. The smallest absolute Gasteiger partial charge is 0.221 e. The average molecular weight is 225 g/mol. The molecule has 2 fully saturated rings. The van der Waals surface area contributed by atoms with Gasteiger partial charge in [0.1, 0.15) is 0 Å². The molecule has 2 N–H and O–H groups in total. The van der Waals surface area contributed by atoms with E-state index >= 15 is 0 Å². The Morgan fingerprint density at radius 2 is 2.19 bits per heavy atom. The van der Waals surface area contributed by atoms with Crippen molar-refractivity contribution < 1.29 is 4.79 Å². The molecule has 0 aromatic rings. The summed E-state index contributed by atoms with van der Waals surface area (Å²) in [4.78, 5) is 14.0. The van der Waals surface area contributed by atoms with Gasteiger partial charge in [0.25, 0.3) is 0 Å². The summed E-state index contributed by atoms with van der Waals surface area (Å²) < 4.78 is 0. The van der Waals surface area contributed by atoms with Gasteiger partial charge in [-0.05, 0) is 39.3 Å². The fraction of sp³-hybridized carbons (Fsp3) is 0.917. The van der Waals surface area contributed by atoms with Crippen LogP contribution in [0.25, 0.3) is 0 Å². The Morgan fingerprint density at radius 1 is 1.38 bits per heavy atom. The number of likely N-dealkylation sites (N-methyl/N-ethyl adjacent to an activating group) is 1. The maximum Gasteiger partial charge on any atom is 0.221 e. The van der Waals surface area contributed by atoms with Crippen LogP contribution in [-0.4, -0.2) is 49.6 Å². The van der Waals surface area contributed by atoms with Gasteiger partial charge in [0.05, 0.1) is 0 Å². The van der Waals surface area contributed by atoms with E-state index < -0.39 is 0 Å². The number of carbonyl (C=O) groups excluding carboxylic acids is 1. The molecule has 4 nitrogen and oxygen atoms in total. The molecule has 1 saturated carbocycles. The average Bonchev–Trinajstić information content (AvgIpc) is 2.95. The maximum absolute atomic E-state index is 11.6. The van der Waals surface area contributed by atoms with Gasteiger partial charge in [0, 0.05) is 31.6 Å². The second-order valence-electron chi connectivity index (χ2n) is 4.98. The zero-order valence-corrected chi connectivity index (χ0v) is 10.2. The lowest BCUT2D eigenvalue weighted by Gasteiger charge is -2.23. The highest BCUT2D eigenvalue weighted by atomic mass is 16.1. The van der Waals surface area contributed by atoms with Crippen LogP contribution in [0.15, 0.2) is 0 Å². The van der Waals surface area contributed by atoms with Crippen molar-refractivity contribution in [2.75, 3.05) is 26.7 Å². The number of likely N-dealkylation sites (tertiary alicyclic amines) is 1. The van der Waals surface area contributed by atoms with Gasteiger partial charge >= 0.3 is 0 Å². The predicted octanol–water partition coefficient (Wildman–Crippen LogP) is 0.339. The summed E-state index contributed by atoms with van der Waals surface area (Å²) in [6.45, 7) is 3.12. The fourth-order valence-electron chi connectivity index (χ4n) is 2.43. The molecule has 0 radical (unpaired) electrons. The highest BCUT2D eigenvalue weighted by Gasteiger charge is 2.26. The Bertz CT molecular complexity index is 240. The third-order valence-electron chi connectivity index (χ3n) is 3.51. The highest BCUT2D eigenvalue weighted by Crippen LogP contribution is 2.19. The second kappa shape index (κ2) is 5.64. The molecule has 1 unspecified atom stereocenters. The molecule has 92 valence electrons. The van der Waals surface area contributed by atoms with Crippen molar-refractivity contribution >= 4 is 5.91 Å². The second-order valence-corrected chi connectivity index (χ2v) is 4.98. The molecule has 1 amide bonds. The van der Waals surface area contributed by atoms with Crippen LogP contribution in [0, 0.1) is 0 Å². The minimum absolute atomic E-state index is 0.234. The van der Waals surface area contributed by atoms with Gasteiger partial charge in [0.2, 0.25) is 5.91 Å². The van der Waals surface area contributed by atoms with Crippen LogP contribution in [0.3, 0.4) is 0 Å². The first kappa shape index (κ1) is 11.9. The molecule has 1 heterocycles. The Morgan fingerprint density at radius 3 is 2.88 bits per heavy atom.